The highest BCUT2D eigenvalue weighted by molar-refractivity contribution is 6.14. The van der Waals surface area contributed by atoms with Crippen LogP contribution in [0.3, 0.4) is 0 Å². The second kappa shape index (κ2) is 11.8. The highest BCUT2D eigenvalue weighted by Crippen LogP contribution is 2.41. The molecule has 270 valence electrons. The first-order valence-corrected chi connectivity index (χ1v) is 19.8. The molecule has 58 heavy (non-hydrogen) atoms. The Kier molecular flexibility index (Phi) is 6.41. The van der Waals surface area contributed by atoms with E-state index in [2.05, 4.69) is 202 Å². The maximum absolute atomic E-state index is 6.33. The van der Waals surface area contributed by atoms with Crippen LogP contribution in [-0.4, -0.2) is 13.7 Å². The van der Waals surface area contributed by atoms with Crippen LogP contribution < -0.4 is 0 Å². The van der Waals surface area contributed by atoms with Gasteiger partial charge in [0, 0.05) is 66.2 Å². The maximum atomic E-state index is 6.33. The van der Waals surface area contributed by atoms with Crippen molar-refractivity contribution in [1.29, 1.82) is 0 Å². The van der Waals surface area contributed by atoms with Gasteiger partial charge in [-0.15, -0.1) is 0 Å². The predicted octanol–water partition coefficient (Wildman–Crippen LogP) is 14.5. The zero-order valence-corrected chi connectivity index (χ0v) is 31.3. The van der Waals surface area contributed by atoms with Crippen molar-refractivity contribution < 1.29 is 4.42 Å². The molecule has 0 aliphatic heterocycles. The molecule has 0 saturated carbocycles. The van der Waals surface area contributed by atoms with Gasteiger partial charge >= 0.3 is 0 Å². The van der Waals surface area contributed by atoms with Gasteiger partial charge in [0.05, 0.1) is 33.1 Å². The van der Waals surface area contributed by atoms with Crippen LogP contribution in [0.1, 0.15) is 0 Å². The fourth-order valence-electron chi connectivity index (χ4n) is 9.67. The first kappa shape index (κ1) is 31.4. The van der Waals surface area contributed by atoms with Crippen molar-refractivity contribution in [3.8, 4) is 28.2 Å². The molecule has 4 aromatic heterocycles. The van der Waals surface area contributed by atoms with E-state index in [4.69, 9.17) is 4.42 Å². The number of fused-ring (bicyclic) bond motifs is 12. The Labute approximate surface area is 332 Å². The van der Waals surface area contributed by atoms with Crippen LogP contribution in [0.25, 0.3) is 116 Å². The van der Waals surface area contributed by atoms with Crippen LogP contribution >= 0.6 is 0 Å². The summed E-state index contributed by atoms with van der Waals surface area (Å²) >= 11 is 0. The minimum Gasteiger partial charge on any atom is -0.456 e. The molecular formula is C54H33N3O. The number of benzene rings is 9. The van der Waals surface area contributed by atoms with Gasteiger partial charge in [0.15, 0.2) is 0 Å². The second-order valence-corrected chi connectivity index (χ2v) is 15.3. The summed E-state index contributed by atoms with van der Waals surface area (Å²) in [6, 6.07) is 72.6. The number of nitrogens with zero attached hydrogens (tertiary/aromatic N) is 3. The van der Waals surface area contributed by atoms with Crippen LogP contribution in [-0.2, 0) is 0 Å². The van der Waals surface area contributed by atoms with Crippen molar-refractivity contribution >= 4 is 87.4 Å². The van der Waals surface area contributed by atoms with E-state index in [-0.39, 0.29) is 0 Å². The van der Waals surface area contributed by atoms with Gasteiger partial charge in [0.25, 0.3) is 0 Å². The van der Waals surface area contributed by atoms with E-state index in [9.17, 15) is 0 Å². The lowest BCUT2D eigenvalue weighted by Crippen LogP contribution is -1.95. The fourth-order valence-corrected chi connectivity index (χ4v) is 9.67. The van der Waals surface area contributed by atoms with Crippen molar-refractivity contribution in [2.45, 2.75) is 0 Å². The molecule has 0 saturated heterocycles. The molecule has 0 amide bonds. The van der Waals surface area contributed by atoms with Crippen molar-refractivity contribution in [2.24, 2.45) is 0 Å². The van der Waals surface area contributed by atoms with Gasteiger partial charge < -0.3 is 18.1 Å². The molecule has 0 aliphatic carbocycles. The Morgan fingerprint density at radius 1 is 0.241 bits per heavy atom. The van der Waals surface area contributed by atoms with Crippen LogP contribution in [0, 0.1) is 0 Å². The van der Waals surface area contributed by atoms with E-state index in [1.807, 2.05) is 12.1 Å². The Bertz CT molecular complexity index is 3800. The van der Waals surface area contributed by atoms with Crippen molar-refractivity contribution in [2.75, 3.05) is 0 Å². The highest BCUT2D eigenvalue weighted by Gasteiger charge is 2.19. The topological polar surface area (TPSA) is 27.9 Å². The summed E-state index contributed by atoms with van der Waals surface area (Å²) in [6.45, 7) is 0. The summed E-state index contributed by atoms with van der Waals surface area (Å²) in [5, 5.41) is 9.70. The Hall–Kier alpha value is -7.82. The molecule has 0 aliphatic rings. The summed E-state index contributed by atoms with van der Waals surface area (Å²) < 4.78 is 13.5. The molecule has 4 heterocycles. The summed E-state index contributed by atoms with van der Waals surface area (Å²) in [4.78, 5) is 0. The molecule has 0 fully saturated rings. The molecular weight excluding hydrogens is 707 g/mol. The SMILES string of the molecule is c1ccc(-n2c3ccccc3c3cc(-n4c5ccccc5c5cc(-c6ccc7c(c6)c6ccccc6n7-c6ccc7c(c6)oc6ccccc67)ccc54)ccc32)cc1. The fraction of sp³-hybridized carbons (Fsp3) is 0. The number of para-hydroxylation sites is 5. The van der Waals surface area contributed by atoms with E-state index < -0.39 is 0 Å². The lowest BCUT2D eigenvalue weighted by molar-refractivity contribution is 0.668. The van der Waals surface area contributed by atoms with Crippen molar-refractivity contribution in [3.05, 3.63) is 200 Å². The maximum Gasteiger partial charge on any atom is 0.137 e. The number of aromatic nitrogens is 3. The van der Waals surface area contributed by atoms with Crippen LogP contribution in [0.5, 0.6) is 0 Å². The zero-order valence-electron chi connectivity index (χ0n) is 31.3. The molecule has 4 heteroatoms. The van der Waals surface area contributed by atoms with Gasteiger partial charge in [-0.05, 0) is 102 Å². The van der Waals surface area contributed by atoms with Crippen molar-refractivity contribution in [3.63, 3.8) is 0 Å². The summed E-state index contributed by atoms with van der Waals surface area (Å²) in [6.07, 6.45) is 0. The summed E-state index contributed by atoms with van der Waals surface area (Å²) in [7, 11) is 0. The molecule has 0 unspecified atom stereocenters. The van der Waals surface area contributed by atoms with Gasteiger partial charge in [-0.3, -0.25) is 0 Å². The molecule has 13 rings (SSSR count). The number of furan rings is 1. The third kappa shape index (κ3) is 4.40. The van der Waals surface area contributed by atoms with Gasteiger partial charge in [-0.1, -0.05) is 103 Å². The first-order chi connectivity index (χ1) is 28.8. The Morgan fingerprint density at radius 3 is 1.26 bits per heavy atom. The molecule has 0 bridgehead atoms. The molecule has 4 nitrogen and oxygen atoms in total. The van der Waals surface area contributed by atoms with Crippen LogP contribution in [0.2, 0.25) is 0 Å². The summed E-state index contributed by atoms with van der Waals surface area (Å²) in [5.41, 5.74) is 14.7. The zero-order chi connectivity index (χ0) is 37.9. The number of hydrogen-bond acceptors (Lipinski definition) is 1. The average Bonchev–Trinajstić information content (AvgIpc) is 4.02. The lowest BCUT2D eigenvalue weighted by atomic mass is 10.0. The minimum atomic E-state index is 0.896. The molecule has 0 spiro atoms. The largest absolute Gasteiger partial charge is 0.456 e. The van der Waals surface area contributed by atoms with E-state index in [1.165, 1.54) is 76.5 Å². The Balaban J connectivity index is 0.968. The molecule has 0 atom stereocenters. The van der Waals surface area contributed by atoms with E-state index in [0.29, 0.717) is 0 Å². The second-order valence-electron chi connectivity index (χ2n) is 15.3. The minimum absolute atomic E-state index is 0.896. The van der Waals surface area contributed by atoms with Gasteiger partial charge in [-0.25, -0.2) is 0 Å². The Morgan fingerprint density at radius 2 is 0.655 bits per heavy atom. The average molecular weight is 740 g/mol. The molecule has 9 aromatic carbocycles. The number of hydrogen-bond donors (Lipinski definition) is 0. The normalized spacial score (nSPS) is 12.1. The van der Waals surface area contributed by atoms with Gasteiger partial charge in [-0.2, -0.15) is 0 Å². The molecule has 13 aromatic rings. The third-order valence-corrected chi connectivity index (χ3v) is 12.2. The monoisotopic (exact) mass is 739 g/mol. The standard InChI is InChI=1S/C54H33N3O/c1-2-12-36(13-3-1)55-47-18-8-6-16-41(47)46-32-37(25-29-52(46)55)56-48-19-9-4-14-39(48)44-30-34(22-27-50(44)56)35-23-28-51-45(31-35)40-15-5-10-20-49(40)57(51)38-24-26-43-42-17-7-11-21-53(42)58-54(43)33-38/h1-33H. The van der Waals surface area contributed by atoms with Crippen LogP contribution in [0.4, 0.5) is 0 Å². The lowest BCUT2D eigenvalue weighted by Gasteiger charge is -2.11. The summed E-state index contributed by atoms with van der Waals surface area (Å²) in [5.74, 6) is 0. The van der Waals surface area contributed by atoms with E-state index in [0.717, 1.165) is 39.0 Å². The van der Waals surface area contributed by atoms with E-state index >= 15 is 0 Å². The van der Waals surface area contributed by atoms with Gasteiger partial charge in [0.1, 0.15) is 11.2 Å². The third-order valence-electron chi connectivity index (χ3n) is 12.2. The van der Waals surface area contributed by atoms with Gasteiger partial charge in [0.2, 0.25) is 0 Å². The van der Waals surface area contributed by atoms with Crippen molar-refractivity contribution in [1.82, 2.24) is 13.7 Å². The smallest absolute Gasteiger partial charge is 0.137 e. The first-order valence-electron chi connectivity index (χ1n) is 19.8. The molecule has 0 radical (unpaired) electrons. The molecule has 0 N–H and O–H groups in total. The predicted molar refractivity (Wildman–Crippen MR) is 242 cm³/mol. The quantitative estimate of drug-likeness (QED) is 0.177. The highest BCUT2D eigenvalue weighted by atomic mass is 16.3. The van der Waals surface area contributed by atoms with E-state index in [1.54, 1.807) is 0 Å². The van der Waals surface area contributed by atoms with Crippen LogP contribution in [0.15, 0.2) is 205 Å². The number of rotatable bonds is 4.